The van der Waals surface area contributed by atoms with Gasteiger partial charge in [-0.25, -0.2) is 8.42 Å². The molecule has 0 amide bonds. The van der Waals surface area contributed by atoms with Gasteiger partial charge in [0.05, 0.1) is 11.4 Å². The maximum Gasteiger partial charge on any atom is 0.251 e. The van der Waals surface area contributed by atoms with Crippen LogP contribution in [0.2, 0.25) is 0 Å². The number of rotatable bonds is 7. The minimum Gasteiger partial charge on any atom is -0.306 e. The second-order valence-corrected chi connectivity index (χ2v) is 7.65. The highest BCUT2D eigenvalue weighted by Crippen LogP contribution is 2.14. The van der Waals surface area contributed by atoms with E-state index in [1.165, 1.54) is 22.6 Å². The van der Waals surface area contributed by atoms with Crippen LogP contribution in [0, 0.1) is 6.92 Å². The molecule has 7 heteroatoms. The van der Waals surface area contributed by atoms with Crippen molar-refractivity contribution in [1.82, 2.24) is 8.87 Å². The minimum atomic E-state index is -3.68. The lowest BCUT2D eigenvalue weighted by atomic mass is 10.1. The topological polar surface area (TPSA) is 76.5 Å². The average Bonchev–Trinajstić information content (AvgIpc) is 2.58. The Morgan fingerprint density at radius 2 is 1.64 bits per heavy atom. The van der Waals surface area contributed by atoms with Crippen molar-refractivity contribution in [3.8, 4) is 0 Å². The van der Waals surface area contributed by atoms with Gasteiger partial charge in [0.25, 0.3) is 5.56 Å². The minimum absolute atomic E-state index is 0.00695. The number of carbonyl (C=O) groups is 1. The summed E-state index contributed by atoms with van der Waals surface area (Å²) < 4.78 is 27.6. The highest BCUT2D eigenvalue weighted by Gasteiger charge is 2.22. The van der Waals surface area contributed by atoms with Crippen LogP contribution in [0.4, 0.5) is 0 Å². The second kappa shape index (κ2) is 7.76. The predicted molar refractivity (Wildman–Crippen MR) is 96.3 cm³/mol. The van der Waals surface area contributed by atoms with Gasteiger partial charge in [0.2, 0.25) is 10.0 Å². The molecule has 0 spiro atoms. The first-order chi connectivity index (χ1) is 11.8. The maximum absolute atomic E-state index is 12.6. The molecule has 0 saturated heterocycles. The number of aryl methyl sites for hydroxylation is 1. The molecule has 1 heterocycles. The molecule has 0 aliphatic rings. The molecule has 0 bridgehead atoms. The van der Waals surface area contributed by atoms with Gasteiger partial charge in [0.1, 0.15) is 0 Å². The van der Waals surface area contributed by atoms with Crippen molar-refractivity contribution in [1.29, 1.82) is 0 Å². The van der Waals surface area contributed by atoms with Crippen LogP contribution in [-0.2, 0) is 16.6 Å². The van der Waals surface area contributed by atoms with E-state index in [1.807, 2.05) is 19.1 Å². The third kappa shape index (κ3) is 4.24. The van der Waals surface area contributed by atoms with Crippen molar-refractivity contribution in [2.45, 2.75) is 32.2 Å². The molecule has 0 radical (unpaired) electrons. The zero-order valence-electron chi connectivity index (χ0n) is 14.6. The Morgan fingerprint density at radius 3 is 2.20 bits per heavy atom. The van der Waals surface area contributed by atoms with E-state index in [-0.39, 0.29) is 17.2 Å². The summed E-state index contributed by atoms with van der Waals surface area (Å²) in [6, 6.07) is 9.48. The fourth-order valence-corrected chi connectivity index (χ4v) is 3.96. The lowest BCUT2D eigenvalue weighted by Crippen LogP contribution is -2.32. The van der Waals surface area contributed by atoms with Crippen molar-refractivity contribution in [3.63, 3.8) is 0 Å². The van der Waals surface area contributed by atoms with Gasteiger partial charge in [-0.05, 0) is 13.0 Å². The first-order valence-electron chi connectivity index (χ1n) is 8.10. The van der Waals surface area contributed by atoms with E-state index in [0.717, 1.165) is 10.1 Å². The van der Waals surface area contributed by atoms with Crippen LogP contribution in [0.5, 0.6) is 0 Å². The molecular weight excluding hydrogens is 340 g/mol. The highest BCUT2D eigenvalue weighted by molar-refractivity contribution is 7.89. The molecule has 1 aromatic heterocycles. The van der Waals surface area contributed by atoms with E-state index in [9.17, 15) is 18.0 Å². The van der Waals surface area contributed by atoms with Crippen molar-refractivity contribution < 1.29 is 13.2 Å². The first-order valence-corrected chi connectivity index (χ1v) is 9.54. The molecule has 0 unspecified atom stereocenters. The third-order valence-electron chi connectivity index (χ3n) is 3.99. The van der Waals surface area contributed by atoms with Crippen LogP contribution in [0.25, 0.3) is 0 Å². The Kier molecular flexibility index (Phi) is 5.92. The molecule has 0 aliphatic heterocycles. The summed E-state index contributed by atoms with van der Waals surface area (Å²) >= 11 is 0. The summed E-state index contributed by atoms with van der Waals surface area (Å²) in [5, 5.41) is 0. The largest absolute Gasteiger partial charge is 0.306 e. The zero-order valence-corrected chi connectivity index (χ0v) is 15.4. The van der Waals surface area contributed by atoms with Crippen LogP contribution in [0.3, 0.4) is 0 Å². The smallest absolute Gasteiger partial charge is 0.251 e. The Bertz CT molecular complexity index is 911. The van der Waals surface area contributed by atoms with Crippen molar-refractivity contribution in [2.75, 3.05) is 13.1 Å². The molecule has 134 valence electrons. The first kappa shape index (κ1) is 19.1. The van der Waals surface area contributed by atoms with Crippen LogP contribution < -0.4 is 5.56 Å². The van der Waals surface area contributed by atoms with E-state index in [1.54, 1.807) is 26.0 Å². The number of Topliss-reactive ketones (excluding diaryl/α,β-unsaturated/α-hetero) is 1. The molecule has 6 nitrogen and oxygen atoms in total. The molecule has 0 saturated carbocycles. The van der Waals surface area contributed by atoms with Crippen molar-refractivity contribution in [3.05, 3.63) is 64.1 Å². The van der Waals surface area contributed by atoms with Crippen LogP contribution in [-0.4, -0.2) is 36.2 Å². The number of hydrogen-bond donors (Lipinski definition) is 0. The normalized spacial score (nSPS) is 11.7. The van der Waals surface area contributed by atoms with Gasteiger partial charge < -0.3 is 4.57 Å². The molecule has 25 heavy (non-hydrogen) atoms. The molecular formula is C18H22N2O4S. The standard InChI is InChI=1S/C18H22N2O4S/c1-4-20(5-2)25(23,24)16-10-11-18(22)19(12-16)13-17(21)15-8-6-14(3)7-9-15/h6-12H,4-5,13H2,1-3H3. The molecule has 0 aliphatic carbocycles. The third-order valence-corrected chi connectivity index (χ3v) is 6.02. The van der Waals surface area contributed by atoms with Crippen LogP contribution in [0.15, 0.2) is 52.3 Å². The highest BCUT2D eigenvalue weighted by atomic mass is 32.2. The molecule has 2 aromatic rings. The second-order valence-electron chi connectivity index (χ2n) is 5.71. The van der Waals surface area contributed by atoms with Gasteiger partial charge in [0.15, 0.2) is 5.78 Å². The number of hydrogen-bond acceptors (Lipinski definition) is 4. The summed E-state index contributed by atoms with van der Waals surface area (Å²) in [5.41, 5.74) is 1.09. The molecule has 0 N–H and O–H groups in total. The zero-order chi connectivity index (χ0) is 18.6. The number of sulfonamides is 1. The summed E-state index contributed by atoms with van der Waals surface area (Å²) in [5.74, 6) is -0.250. The number of pyridine rings is 1. The Labute approximate surface area is 147 Å². The van der Waals surface area contributed by atoms with Gasteiger partial charge in [-0.2, -0.15) is 4.31 Å². The van der Waals surface area contributed by atoms with Gasteiger partial charge in [0, 0.05) is 30.9 Å². The summed E-state index contributed by atoms with van der Waals surface area (Å²) in [6.45, 7) is 5.88. The van der Waals surface area contributed by atoms with Crippen molar-refractivity contribution >= 4 is 15.8 Å². The lowest BCUT2D eigenvalue weighted by molar-refractivity contribution is 0.0970. The molecule has 0 fully saturated rings. The maximum atomic E-state index is 12.6. The SMILES string of the molecule is CCN(CC)S(=O)(=O)c1ccc(=O)n(CC(=O)c2ccc(C)cc2)c1. The Hall–Kier alpha value is -2.25. The van der Waals surface area contributed by atoms with Crippen molar-refractivity contribution in [2.24, 2.45) is 0 Å². The fraction of sp³-hybridized carbons (Fsp3) is 0.333. The fourth-order valence-electron chi connectivity index (χ4n) is 2.48. The summed E-state index contributed by atoms with van der Waals surface area (Å²) in [4.78, 5) is 24.4. The van der Waals surface area contributed by atoms with E-state index in [0.29, 0.717) is 18.7 Å². The van der Waals surface area contributed by atoms with E-state index in [2.05, 4.69) is 0 Å². The summed E-state index contributed by atoms with van der Waals surface area (Å²) in [6.07, 6.45) is 1.24. The van der Waals surface area contributed by atoms with Crippen LogP contribution in [0.1, 0.15) is 29.8 Å². The Balaban J connectivity index is 2.35. The van der Waals surface area contributed by atoms with E-state index < -0.39 is 15.6 Å². The monoisotopic (exact) mass is 362 g/mol. The van der Waals surface area contributed by atoms with Gasteiger partial charge >= 0.3 is 0 Å². The Morgan fingerprint density at radius 1 is 1.04 bits per heavy atom. The molecule has 2 rings (SSSR count). The van der Waals surface area contributed by atoms with E-state index in [4.69, 9.17) is 0 Å². The average molecular weight is 362 g/mol. The number of benzene rings is 1. The quantitative estimate of drug-likeness (QED) is 0.707. The van der Waals surface area contributed by atoms with Gasteiger partial charge in [-0.15, -0.1) is 0 Å². The van der Waals surface area contributed by atoms with E-state index >= 15 is 0 Å². The van der Waals surface area contributed by atoms with Gasteiger partial charge in [-0.1, -0.05) is 43.7 Å². The van der Waals surface area contributed by atoms with Gasteiger partial charge in [-0.3, -0.25) is 9.59 Å². The van der Waals surface area contributed by atoms with Crippen LogP contribution >= 0.6 is 0 Å². The summed E-state index contributed by atoms with van der Waals surface area (Å²) in [7, 11) is -3.68. The number of aromatic nitrogens is 1. The predicted octanol–water partition coefficient (Wildman–Crippen LogP) is 2.07. The lowest BCUT2D eigenvalue weighted by Gasteiger charge is -2.19. The number of carbonyl (C=O) groups excluding carboxylic acids is 1. The number of ketones is 1. The molecule has 1 aromatic carbocycles. The number of nitrogens with zero attached hydrogens (tertiary/aromatic N) is 2. The molecule has 0 atom stereocenters.